The molecule has 3 aromatic rings. The highest BCUT2D eigenvalue weighted by Crippen LogP contribution is 2.32. The quantitative estimate of drug-likeness (QED) is 0.295. The van der Waals surface area contributed by atoms with E-state index in [4.69, 9.17) is 9.47 Å². The minimum absolute atomic E-state index is 0.200. The first-order valence-corrected chi connectivity index (χ1v) is 11.3. The monoisotopic (exact) mass is 488 g/mol. The molecule has 8 nitrogen and oxygen atoms in total. The largest absolute Gasteiger partial charge is 0.497 e. The smallest absolute Gasteiger partial charge is 0.343 e. The third-order valence-corrected chi connectivity index (χ3v) is 5.85. The summed E-state index contributed by atoms with van der Waals surface area (Å²) < 4.78 is 10.4. The van der Waals surface area contributed by atoms with E-state index in [1.165, 1.54) is 7.11 Å². The van der Waals surface area contributed by atoms with Gasteiger partial charge in [0.15, 0.2) is 0 Å². The van der Waals surface area contributed by atoms with Gasteiger partial charge < -0.3 is 14.8 Å². The first-order chi connectivity index (χ1) is 16.9. The Hall–Kier alpha value is -4.37. The van der Waals surface area contributed by atoms with E-state index in [1.54, 1.807) is 78.9 Å². The molecule has 1 saturated heterocycles. The number of esters is 1. The number of carbonyl (C=O) groups excluding carboxylic acids is 4. The van der Waals surface area contributed by atoms with Crippen LogP contribution in [0, 0.1) is 0 Å². The molecule has 1 N–H and O–H groups in total. The predicted molar refractivity (Wildman–Crippen MR) is 132 cm³/mol. The molecular formula is C26H20N2O6S. The number of methoxy groups -OCH3 is 1. The molecule has 3 amide bonds. The van der Waals surface area contributed by atoms with Crippen LogP contribution in [-0.4, -0.2) is 41.6 Å². The maximum absolute atomic E-state index is 12.7. The van der Waals surface area contributed by atoms with E-state index in [2.05, 4.69) is 5.32 Å². The Kier molecular flexibility index (Phi) is 7.27. The lowest BCUT2D eigenvalue weighted by Crippen LogP contribution is -2.36. The number of hydrogen-bond donors (Lipinski definition) is 1. The normalized spacial score (nSPS) is 14.2. The molecule has 9 heteroatoms. The SMILES string of the molecule is COc1ccc(C(=O)Oc2ccc(/C=C3\SC(=O)N(CC(=O)Nc4ccccc4)C3=O)cc2)cc1. The van der Waals surface area contributed by atoms with Crippen LogP contribution in [0.25, 0.3) is 6.08 Å². The van der Waals surface area contributed by atoms with Crippen molar-refractivity contribution in [1.29, 1.82) is 0 Å². The molecule has 4 rings (SSSR count). The van der Waals surface area contributed by atoms with E-state index in [9.17, 15) is 19.2 Å². The number of para-hydroxylation sites is 1. The number of carbonyl (C=O) groups is 4. The summed E-state index contributed by atoms with van der Waals surface area (Å²) in [5.74, 6) is -0.572. The van der Waals surface area contributed by atoms with Crippen LogP contribution in [0.3, 0.4) is 0 Å². The highest BCUT2D eigenvalue weighted by molar-refractivity contribution is 8.18. The minimum Gasteiger partial charge on any atom is -0.497 e. The summed E-state index contributed by atoms with van der Waals surface area (Å²) in [7, 11) is 1.54. The van der Waals surface area contributed by atoms with Crippen molar-refractivity contribution in [3.05, 3.63) is 94.9 Å². The number of ether oxygens (including phenoxy) is 2. The molecule has 0 saturated carbocycles. The van der Waals surface area contributed by atoms with Gasteiger partial charge in [-0.1, -0.05) is 30.3 Å². The lowest BCUT2D eigenvalue weighted by Gasteiger charge is -2.12. The first-order valence-electron chi connectivity index (χ1n) is 10.5. The van der Waals surface area contributed by atoms with Crippen molar-refractivity contribution in [1.82, 2.24) is 4.90 Å². The van der Waals surface area contributed by atoms with E-state index in [-0.39, 0.29) is 11.4 Å². The summed E-state index contributed by atoms with van der Waals surface area (Å²) in [5.41, 5.74) is 1.58. The lowest BCUT2D eigenvalue weighted by atomic mass is 10.2. The second kappa shape index (κ2) is 10.7. The van der Waals surface area contributed by atoms with Gasteiger partial charge in [-0.3, -0.25) is 19.3 Å². The van der Waals surface area contributed by atoms with Crippen LogP contribution in [0.5, 0.6) is 11.5 Å². The standard InChI is InChI=1S/C26H20N2O6S/c1-33-20-13-9-18(10-14-20)25(31)34-21-11-7-17(8-12-21)15-22-24(30)28(26(32)35-22)16-23(29)27-19-5-3-2-4-6-19/h2-15H,16H2,1H3,(H,27,29)/b22-15-. The van der Waals surface area contributed by atoms with Crippen molar-refractivity contribution in [3.8, 4) is 11.5 Å². The third kappa shape index (κ3) is 5.96. The number of nitrogens with one attached hydrogen (secondary N) is 1. The second-order valence-electron chi connectivity index (χ2n) is 7.37. The summed E-state index contributed by atoms with van der Waals surface area (Å²) in [6, 6.07) is 21.8. The molecule has 1 aliphatic heterocycles. The van der Waals surface area contributed by atoms with E-state index in [0.717, 1.165) is 16.7 Å². The molecule has 176 valence electrons. The molecule has 0 aliphatic carbocycles. The van der Waals surface area contributed by atoms with Gasteiger partial charge in [-0.05, 0) is 71.9 Å². The van der Waals surface area contributed by atoms with Crippen molar-refractivity contribution in [2.45, 2.75) is 0 Å². The van der Waals surface area contributed by atoms with E-state index < -0.39 is 23.0 Å². The van der Waals surface area contributed by atoms with Crippen LogP contribution >= 0.6 is 11.8 Å². The van der Waals surface area contributed by atoms with Crippen LogP contribution < -0.4 is 14.8 Å². The van der Waals surface area contributed by atoms with Gasteiger partial charge in [-0.2, -0.15) is 0 Å². The highest BCUT2D eigenvalue weighted by Gasteiger charge is 2.36. The fourth-order valence-corrected chi connectivity index (χ4v) is 4.02. The lowest BCUT2D eigenvalue weighted by molar-refractivity contribution is -0.127. The number of thioether (sulfide) groups is 1. The van der Waals surface area contributed by atoms with Crippen molar-refractivity contribution < 1.29 is 28.7 Å². The number of hydrogen-bond acceptors (Lipinski definition) is 7. The highest BCUT2D eigenvalue weighted by atomic mass is 32.2. The van der Waals surface area contributed by atoms with Gasteiger partial charge in [0, 0.05) is 5.69 Å². The predicted octanol–water partition coefficient (Wildman–Crippen LogP) is 4.59. The summed E-state index contributed by atoms with van der Waals surface area (Å²) in [6.45, 7) is -0.378. The Bertz CT molecular complexity index is 1290. The van der Waals surface area contributed by atoms with Gasteiger partial charge in [0.2, 0.25) is 5.91 Å². The molecule has 0 atom stereocenters. The summed E-state index contributed by atoms with van der Waals surface area (Å²) in [4.78, 5) is 50.6. The molecule has 1 aliphatic rings. The van der Waals surface area contributed by atoms with E-state index in [0.29, 0.717) is 28.3 Å². The molecule has 0 spiro atoms. The van der Waals surface area contributed by atoms with Crippen LogP contribution in [0.4, 0.5) is 10.5 Å². The van der Waals surface area contributed by atoms with Gasteiger partial charge in [0.1, 0.15) is 18.0 Å². The fourth-order valence-electron chi connectivity index (χ4n) is 3.18. The maximum atomic E-state index is 12.7. The Labute approximate surface area is 205 Å². The van der Waals surface area contributed by atoms with Gasteiger partial charge in [0.25, 0.3) is 11.1 Å². The molecule has 0 aromatic heterocycles. The number of amides is 3. The van der Waals surface area contributed by atoms with Crippen molar-refractivity contribution >= 4 is 46.5 Å². The Balaban J connectivity index is 1.37. The molecule has 3 aromatic carbocycles. The van der Waals surface area contributed by atoms with Crippen molar-refractivity contribution in [2.24, 2.45) is 0 Å². The van der Waals surface area contributed by atoms with Crippen LogP contribution in [0.1, 0.15) is 15.9 Å². The average molecular weight is 489 g/mol. The molecule has 0 bridgehead atoms. The molecule has 35 heavy (non-hydrogen) atoms. The number of imide groups is 1. The van der Waals surface area contributed by atoms with Crippen LogP contribution in [0.15, 0.2) is 83.8 Å². The van der Waals surface area contributed by atoms with E-state index in [1.807, 2.05) is 6.07 Å². The number of anilines is 1. The van der Waals surface area contributed by atoms with Gasteiger partial charge in [-0.15, -0.1) is 0 Å². The molecule has 0 radical (unpaired) electrons. The Morgan fingerprint density at radius 2 is 1.57 bits per heavy atom. The number of nitrogens with zero attached hydrogens (tertiary/aromatic N) is 1. The zero-order chi connectivity index (χ0) is 24.8. The molecule has 1 heterocycles. The van der Waals surface area contributed by atoms with Crippen LogP contribution in [0.2, 0.25) is 0 Å². The first kappa shape index (κ1) is 23.8. The topological polar surface area (TPSA) is 102 Å². The van der Waals surface area contributed by atoms with Gasteiger partial charge >= 0.3 is 5.97 Å². The van der Waals surface area contributed by atoms with Gasteiger partial charge in [0.05, 0.1) is 17.6 Å². The van der Waals surface area contributed by atoms with Gasteiger partial charge in [-0.25, -0.2) is 4.79 Å². The zero-order valence-corrected chi connectivity index (χ0v) is 19.4. The third-order valence-electron chi connectivity index (χ3n) is 4.95. The van der Waals surface area contributed by atoms with E-state index >= 15 is 0 Å². The minimum atomic E-state index is -0.543. The summed E-state index contributed by atoms with van der Waals surface area (Å²) in [5, 5.41) is 2.13. The van der Waals surface area contributed by atoms with Crippen LogP contribution in [-0.2, 0) is 9.59 Å². The summed E-state index contributed by atoms with van der Waals surface area (Å²) >= 11 is 0.763. The Morgan fingerprint density at radius 1 is 0.914 bits per heavy atom. The number of rotatable bonds is 7. The fraction of sp³-hybridized carbons (Fsp3) is 0.0769. The number of benzene rings is 3. The molecule has 1 fully saturated rings. The molecular weight excluding hydrogens is 468 g/mol. The van der Waals surface area contributed by atoms with Crippen molar-refractivity contribution in [3.63, 3.8) is 0 Å². The average Bonchev–Trinajstić information content (AvgIpc) is 3.13. The zero-order valence-electron chi connectivity index (χ0n) is 18.6. The maximum Gasteiger partial charge on any atom is 0.343 e. The summed E-state index contributed by atoms with van der Waals surface area (Å²) in [6.07, 6.45) is 1.55. The Morgan fingerprint density at radius 3 is 2.23 bits per heavy atom. The molecule has 0 unspecified atom stereocenters. The second-order valence-corrected chi connectivity index (χ2v) is 8.36. The van der Waals surface area contributed by atoms with Crippen molar-refractivity contribution in [2.75, 3.05) is 19.0 Å².